The van der Waals surface area contributed by atoms with Gasteiger partial charge in [-0.2, -0.15) is 0 Å². The molecular weight excluding hydrogens is 524 g/mol. The van der Waals surface area contributed by atoms with Crippen LogP contribution in [0.3, 0.4) is 0 Å². The molecule has 0 radical (unpaired) electrons. The molecule has 11 heteroatoms. The molecule has 0 unspecified atom stereocenters. The van der Waals surface area contributed by atoms with Crippen molar-refractivity contribution in [2.75, 3.05) is 24.7 Å². The second-order valence-electron chi connectivity index (χ2n) is 12.4. The largest absolute Gasteiger partial charge is 0.474 e. The van der Waals surface area contributed by atoms with E-state index in [2.05, 4.69) is 54.2 Å². The lowest BCUT2D eigenvalue weighted by atomic mass is 10.2. The molecule has 1 amide bonds. The molecule has 2 fully saturated rings. The molecule has 0 aliphatic carbocycles. The van der Waals surface area contributed by atoms with Crippen molar-refractivity contribution in [3.8, 4) is 17.3 Å². The number of carbonyl (C=O) groups is 1. The summed E-state index contributed by atoms with van der Waals surface area (Å²) < 4.78 is 20.6. The van der Waals surface area contributed by atoms with E-state index < -0.39 is 8.32 Å². The fraction of sp³-hybridized carbons (Fsp3) is 0.517. The Morgan fingerprint density at radius 3 is 2.77 bits per heavy atom. The number of pyridine rings is 1. The number of fused-ring (bicyclic) bond motifs is 2. The summed E-state index contributed by atoms with van der Waals surface area (Å²) in [6.45, 7) is 13.5. The van der Waals surface area contributed by atoms with Gasteiger partial charge < -0.3 is 23.8 Å². The van der Waals surface area contributed by atoms with Crippen molar-refractivity contribution in [3.63, 3.8) is 0 Å². The monoisotopic (exact) mass is 562 g/mol. The molecule has 2 atom stereocenters. The fourth-order valence-electron chi connectivity index (χ4n) is 5.20. The smallest absolute Gasteiger partial charge is 0.231 e. The van der Waals surface area contributed by atoms with E-state index in [1.54, 1.807) is 16.8 Å². The van der Waals surface area contributed by atoms with Gasteiger partial charge in [0.15, 0.2) is 19.7 Å². The number of imidazole rings is 1. The molecular formula is C29H38N6O4Si. The molecule has 0 bridgehead atoms. The Hall–Kier alpha value is -3.44. The van der Waals surface area contributed by atoms with E-state index in [1.807, 2.05) is 24.4 Å². The summed E-state index contributed by atoms with van der Waals surface area (Å²) in [5.41, 5.74) is 2.20. The van der Waals surface area contributed by atoms with Gasteiger partial charge in [0.1, 0.15) is 23.7 Å². The van der Waals surface area contributed by atoms with Crippen LogP contribution >= 0.6 is 0 Å². The van der Waals surface area contributed by atoms with Crippen LogP contribution in [0.25, 0.3) is 28.1 Å². The zero-order chi connectivity index (χ0) is 28.1. The highest BCUT2D eigenvalue weighted by atomic mass is 28.4. The number of rotatable bonds is 8. The third-order valence-corrected chi connectivity index (χ3v) is 13.1. The summed E-state index contributed by atoms with van der Waals surface area (Å²) in [5, 5.41) is 8.72. The van der Waals surface area contributed by atoms with Crippen LogP contribution in [-0.4, -0.2) is 65.6 Å². The Morgan fingerprint density at radius 1 is 1.15 bits per heavy atom. The number of nitrogens with one attached hydrogen (secondary N) is 1. The van der Waals surface area contributed by atoms with Crippen LogP contribution in [0, 0.1) is 0 Å². The second kappa shape index (κ2) is 10.2. The number of hydrogen-bond acceptors (Lipinski definition) is 8. The maximum absolute atomic E-state index is 11.5. The zero-order valence-electron chi connectivity index (χ0n) is 23.9. The molecule has 2 aliphatic rings. The second-order valence-corrected chi connectivity index (χ2v) is 17.2. The number of aromatic nitrogens is 4. The van der Waals surface area contributed by atoms with E-state index in [0.717, 1.165) is 48.3 Å². The molecule has 0 spiro atoms. The van der Waals surface area contributed by atoms with Crippen LogP contribution in [0.2, 0.25) is 18.1 Å². The van der Waals surface area contributed by atoms with Gasteiger partial charge in [-0.25, -0.2) is 14.5 Å². The highest BCUT2D eigenvalue weighted by molar-refractivity contribution is 6.74. The lowest BCUT2D eigenvalue weighted by Crippen LogP contribution is -2.45. The molecule has 4 aromatic heterocycles. The van der Waals surface area contributed by atoms with Gasteiger partial charge in [0.25, 0.3) is 0 Å². The molecule has 0 aromatic carbocycles. The predicted octanol–water partition coefficient (Wildman–Crippen LogP) is 5.19. The molecule has 40 heavy (non-hydrogen) atoms. The van der Waals surface area contributed by atoms with E-state index >= 15 is 0 Å². The number of carbonyl (C=O) groups excluding carboxylic acids is 1. The summed E-state index contributed by atoms with van der Waals surface area (Å²) in [4.78, 5) is 23.2. The molecule has 2 aliphatic heterocycles. The van der Waals surface area contributed by atoms with Gasteiger partial charge in [-0.15, -0.1) is 5.10 Å². The van der Waals surface area contributed by atoms with Crippen molar-refractivity contribution in [3.05, 3.63) is 36.7 Å². The van der Waals surface area contributed by atoms with Gasteiger partial charge in [-0.3, -0.25) is 4.79 Å². The Labute approximate surface area is 235 Å². The first-order valence-electron chi connectivity index (χ1n) is 14.2. The highest BCUT2D eigenvalue weighted by Crippen LogP contribution is 2.39. The minimum absolute atomic E-state index is 0.00948. The van der Waals surface area contributed by atoms with Gasteiger partial charge >= 0.3 is 0 Å². The van der Waals surface area contributed by atoms with Gasteiger partial charge in [-0.05, 0) is 55.6 Å². The highest BCUT2D eigenvalue weighted by Gasteiger charge is 2.39. The Balaban J connectivity index is 1.25. The average Bonchev–Trinajstić information content (AvgIpc) is 3.70. The predicted molar refractivity (Wildman–Crippen MR) is 156 cm³/mol. The van der Waals surface area contributed by atoms with Gasteiger partial charge in [0.2, 0.25) is 11.8 Å². The molecule has 212 valence electrons. The van der Waals surface area contributed by atoms with Crippen molar-refractivity contribution < 1.29 is 18.4 Å². The Morgan fingerprint density at radius 2 is 2.00 bits per heavy atom. The van der Waals surface area contributed by atoms with Crippen molar-refractivity contribution in [2.24, 2.45) is 0 Å². The minimum Gasteiger partial charge on any atom is -0.474 e. The average molecular weight is 563 g/mol. The summed E-state index contributed by atoms with van der Waals surface area (Å²) >= 11 is 0. The van der Waals surface area contributed by atoms with Gasteiger partial charge in [0, 0.05) is 25.2 Å². The third kappa shape index (κ3) is 5.08. The molecule has 6 rings (SSSR count). The van der Waals surface area contributed by atoms with Crippen molar-refractivity contribution in [1.29, 1.82) is 0 Å². The summed E-state index contributed by atoms with van der Waals surface area (Å²) in [7, 11) is -1.85. The van der Waals surface area contributed by atoms with Crippen LogP contribution < -0.4 is 15.0 Å². The first-order chi connectivity index (χ1) is 19.1. The van der Waals surface area contributed by atoms with Crippen LogP contribution in [0.5, 0.6) is 5.88 Å². The molecule has 4 aromatic rings. The van der Waals surface area contributed by atoms with E-state index in [4.69, 9.17) is 18.6 Å². The van der Waals surface area contributed by atoms with Crippen LogP contribution in [0.1, 0.15) is 46.5 Å². The van der Waals surface area contributed by atoms with Gasteiger partial charge in [0.05, 0.1) is 30.3 Å². The van der Waals surface area contributed by atoms with Crippen LogP contribution in [-0.2, 0) is 9.22 Å². The fourth-order valence-corrected chi connectivity index (χ4v) is 6.24. The molecule has 6 heterocycles. The summed E-state index contributed by atoms with van der Waals surface area (Å²) in [6.07, 6.45) is 7.08. The number of anilines is 1. The zero-order valence-corrected chi connectivity index (χ0v) is 24.9. The third-order valence-electron chi connectivity index (χ3n) is 8.62. The first-order valence-corrected chi connectivity index (χ1v) is 17.1. The van der Waals surface area contributed by atoms with Gasteiger partial charge in [-0.1, -0.05) is 20.8 Å². The quantitative estimate of drug-likeness (QED) is 0.293. The minimum atomic E-state index is -1.85. The van der Waals surface area contributed by atoms with Crippen LogP contribution in [0.4, 0.5) is 5.82 Å². The van der Waals surface area contributed by atoms with Crippen molar-refractivity contribution >= 4 is 36.7 Å². The standard InChI is InChI=1S/C29H38N6O4Si/c1-29(2,3)40(4,5)38-18-20-7-6-14-34(20)28-21-15-24(39-23(21)12-13-30-28)22-16-31-25-9-11-27(33-35(22)25)37-17-19-8-10-26(36)32-19/h9,11-13,15-16,19-20H,6-8,10,14,17-18H2,1-5H3,(H,32,36)/t19-,20-/m1/s1. The number of hydrogen-bond donors (Lipinski definition) is 1. The number of nitrogens with zero attached hydrogens (tertiary/aromatic N) is 5. The molecule has 0 saturated carbocycles. The van der Waals surface area contributed by atoms with Crippen LogP contribution in [0.15, 0.2) is 41.1 Å². The number of furan rings is 1. The maximum atomic E-state index is 11.5. The molecule has 2 saturated heterocycles. The SMILES string of the molecule is CC(C)(C)[Si](C)(C)OC[C@H]1CCCN1c1nccc2oc(-c3cnc4ccc(OC[C@H]5CCC(=O)N5)nn34)cc12. The lowest BCUT2D eigenvalue weighted by Gasteiger charge is -2.38. The topological polar surface area (TPSA) is 107 Å². The number of amides is 1. The van der Waals surface area contributed by atoms with E-state index in [0.29, 0.717) is 36.9 Å². The lowest BCUT2D eigenvalue weighted by molar-refractivity contribution is -0.119. The maximum Gasteiger partial charge on any atom is 0.231 e. The Kier molecular flexibility index (Phi) is 6.82. The first kappa shape index (κ1) is 26.8. The van der Waals surface area contributed by atoms with E-state index in [9.17, 15) is 4.79 Å². The van der Waals surface area contributed by atoms with Crippen molar-refractivity contribution in [2.45, 2.75) is 76.7 Å². The normalized spacial score (nSPS) is 20.1. The summed E-state index contributed by atoms with van der Waals surface area (Å²) in [5.74, 6) is 2.13. The number of ether oxygens (including phenoxy) is 1. The summed E-state index contributed by atoms with van der Waals surface area (Å²) in [6, 6.07) is 7.90. The molecule has 1 N–H and O–H groups in total. The van der Waals surface area contributed by atoms with E-state index in [-0.39, 0.29) is 23.0 Å². The Bertz CT molecular complexity index is 1540. The van der Waals surface area contributed by atoms with Crippen molar-refractivity contribution in [1.82, 2.24) is 24.9 Å². The molecule has 10 nitrogen and oxygen atoms in total. The van der Waals surface area contributed by atoms with E-state index in [1.165, 1.54) is 0 Å².